The van der Waals surface area contributed by atoms with Gasteiger partial charge < -0.3 is 15.5 Å². The van der Waals surface area contributed by atoms with E-state index in [-0.39, 0.29) is 17.2 Å². The van der Waals surface area contributed by atoms with Crippen molar-refractivity contribution in [3.8, 4) is 5.75 Å². The molecule has 1 heterocycles. The Morgan fingerprint density at radius 2 is 1.89 bits per heavy atom. The minimum atomic E-state index is -0.121. The molecule has 3 saturated carbocycles. The van der Waals surface area contributed by atoms with Crippen LogP contribution in [0.3, 0.4) is 0 Å². The molecule has 0 amide bonds. The van der Waals surface area contributed by atoms with Gasteiger partial charge in [0.1, 0.15) is 5.75 Å². The van der Waals surface area contributed by atoms with Crippen molar-refractivity contribution in [1.29, 1.82) is 0 Å². The standard InChI is InChI=1S/C23H29ClN2O2/c24-19-12-18-16(5-10-26-21(18)27)11-20(19)28-17-3-6-22(7-4-17,13-15-1-2-15)14-23(25)8-9-23/h5,10-12,15,17H,1-4,6-9,13-14,25H2,(H,26,27). The van der Waals surface area contributed by atoms with Crippen LogP contribution in [-0.4, -0.2) is 16.6 Å². The van der Waals surface area contributed by atoms with Gasteiger partial charge in [-0.3, -0.25) is 4.79 Å². The first kappa shape index (κ1) is 18.5. The zero-order valence-corrected chi connectivity index (χ0v) is 17.1. The van der Waals surface area contributed by atoms with Crippen LogP contribution in [0.2, 0.25) is 5.02 Å². The molecule has 1 aromatic heterocycles. The highest BCUT2D eigenvalue weighted by Crippen LogP contribution is 2.55. The van der Waals surface area contributed by atoms with Crippen molar-refractivity contribution in [2.45, 2.75) is 75.9 Å². The molecule has 2 aromatic rings. The zero-order valence-electron chi connectivity index (χ0n) is 16.3. The summed E-state index contributed by atoms with van der Waals surface area (Å²) in [4.78, 5) is 14.6. The fraction of sp³-hybridized carbons (Fsp3) is 0.609. The highest BCUT2D eigenvalue weighted by atomic mass is 35.5. The van der Waals surface area contributed by atoms with Gasteiger partial charge in [0.05, 0.1) is 11.1 Å². The third-order valence-electron chi connectivity index (χ3n) is 7.15. The SMILES string of the molecule is NC1(CC2(CC3CC3)CCC(Oc3cc4cc[nH]c(=O)c4cc3Cl)CC2)CC1. The Labute approximate surface area is 170 Å². The Kier molecular flexibility index (Phi) is 4.48. The van der Waals surface area contributed by atoms with E-state index in [4.69, 9.17) is 22.1 Å². The van der Waals surface area contributed by atoms with Crippen LogP contribution < -0.4 is 16.0 Å². The molecule has 1 aromatic carbocycles. The molecular formula is C23H29ClN2O2. The first-order valence-electron chi connectivity index (χ1n) is 10.7. The predicted octanol–water partition coefficient (Wildman–Crippen LogP) is 5.17. The van der Waals surface area contributed by atoms with Gasteiger partial charge in [-0.15, -0.1) is 0 Å². The van der Waals surface area contributed by atoms with E-state index >= 15 is 0 Å². The van der Waals surface area contributed by atoms with E-state index in [1.807, 2.05) is 12.1 Å². The number of halogens is 1. The average molecular weight is 401 g/mol. The molecule has 0 atom stereocenters. The molecule has 0 unspecified atom stereocenters. The van der Waals surface area contributed by atoms with E-state index < -0.39 is 0 Å². The Morgan fingerprint density at radius 1 is 1.14 bits per heavy atom. The molecule has 3 aliphatic carbocycles. The number of fused-ring (bicyclic) bond motifs is 1. The number of aromatic nitrogens is 1. The fourth-order valence-corrected chi connectivity index (χ4v) is 5.46. The van der Waals surface area contributed by atoms with Gasteiger partial charge in [0.25, 0.3) is 5.56 Å². The summed E-state index contributed by atoms with van der Waals surface area (Å²) < 4.78 is 6.32. The monoisotopic (exact) mass is 400 g/mol. The first-order valence-corrected chi connectivity index (χ1v) is 11.1. The van der Waals surface area contributed by atoms with Crippen LogP contribution in [0.25, 0.3) is 10.8 Å². The van der Waals surface area contributed by atoms with Crippen LogP contribution in [0.1, 0.15) is 64.2 Å². The average Bonchev–Trinajstić information content (AvgIpc) is 3.59. The molecule has 28 heavy (non-hydrogen) atoms. The van der Waals surface area contributed by atoms with Crippen LogP contribution in [0.15, 0.2) is 29.2 Å². The number of rotatable bonds is 6. The Balaban J connectivity index is 1.29. The van der Waals surface area contributed by atoms with Gasteiger partial charge in [-0.1, -0.05) is 24.4 Å². The maximum absolute atomic E-state index is 12.0. The van der Waals surface area contributed by atoms with E-state index in [1.165, 1.54) is 51.4 Å². The molecular weight excluding hydrogens is 372 g/mol. The van der Waals surface area contributed by atoms with Crippen molar-refractivity contribution < 1.29 is 4.74 Å². The number of benzene rings is 1. The summed E-state index contributed by atoms with van der Waals surface area (Å²) >= 11 is 6.43. The van der Waals surface area contributed by atoms with Gasteiger partial charge in [-0.2, -0.15) is 0 Å². The highest BCUT2D eigenvalue weighted by molar-refractivity contribution is 6.32. The predicted molar refractivity (Wildman–Crippen MR) is 113 cm³/mol. The molecule has 3 fully saturated rings. The molecule has 0 saturated heterocycles. The highest BCUT2D eigenvalue weighted by Gasteiger charge is 2.49. The van der Waals surface area contributed by atoms with Gasteiger partial charge in [-0.25, -0.2) is 0 Å². The van der Waals surface area contributed by atoms with Crippen molar-refractivity contribution in [3.63, 3.8) is 0 Å². The smallest absolute Gasteiger partial charge is 0.255 e. The van der Waals surface area contributed by atoms with Crippen LogP contribution in [-0.2, 0) is 0 Å². The van der Waals surface area contributed by atoms with Crippen LogP contribution in [0.4, 0.5) is 0 Å². The van der Waals surface area contributed by atoms with Gasteiger partial charge >= 0.3 is 0 Å². The molecule has 5 rings (SSSR count). The molecule has 150 valence electrons. The van der Waals surface area contributed by atoms with E-state index in [2.05, 4.69) is 4.98 Å². The minimum Gasteiger partial charge on any atom is -0.489 e. The van der Waals surface area contributed by atoms with Gasteiger partial charge in [-0.05, 0) is 86.3 Å². The molecule has 0 spiro atoms. The van der Waals surface area contributed by atoms with Gasteiger partial charge in [0, 0.05) is 17.1 Å². The number of H-pyrrole nitrogens is 1. The lowest BCUT2D eigenvalue weighted by Crippen LogP contribution is -2.39. The van der Waals surface area contributed by atoms with E-state index in [0.29, 0.717) is 21.6 Å². The van der Waals surface area contributed by atoms with Crippen molar-refractivity contribution in [1.82, 2.24) is 4.98 Å². The van der Waals surface area contributed by atoms with Crippen LogP contribution in [0.5, 0.6) is 5.75 Å². The third kappa shape index (κ3) is 3.81. The third-order valence-corrected chi connectivity index (χ3v) is 7.45. The second-order valence-corrected chi connectivity index (χ2v) is 10.1. The van der Waals surface area contributed by atoms with E-state index in [1.54, 1.807) is 12.3 Å². The Bertz CT molecular complexity index is 937. The summed E-state index contributed by atoms with van der Waals surface area (Å²) in [6, 6.07) is 5.51. The van der Waals surface area contributed by atoms with Gasteiger partial charge in [0.15, 0.2) is 0 Å². The van der Waals surface area contributed by atoms with Crippen LogP contribution in [0, 0.1) is 11.3 Å². The fourth-order valence-electron chi connectivity index (χ4n) is 5.25. The quantitative estimate of drug-likeness (QED) is 0.702. The minimum absolute atomic E-state index is 0.121. The second kappa shape index (κ2) is 6.77. The van der Waals surface area contributed by atoms with Crippen molar-refractivity contribution in [2.75, 3.05) is 0 Å². The summed E-state index contributed by atoms with van der Waals surface area (Å²) in [6.07, 6.45) is 14.2. The number of aromatic amines is 1. The Hall–Kier alpha value is -1.52. The van der Waals surface area contributed by atoms with Crippen molar-refractivity contribution in [3.05, 3.63) is 39.8 Å². The van der Waals surface area contributed by atoms with Crippen molar-refractivity contribution in [2.24, 2.45) is 17.1 Å². The Morgan fingerprint density at radius 3 is 2.57 bits per heavy atom. The van der Waals surface area contributed by atoms with E-state index in [9.17, 15) is 4.79 Å². The lowest BCUT2D eigenvalue weighted by molar-refractivity contribution is 0.0559. The molecule has 0 radical (unpaired) electrons. The topological polar surface area (TPSA) is 68.1 Å². The van der Waals surface area contributed by atoms with Gasteiger partial charge in [0.2, 0.25) is 0 Å². The summed E-state index contributed by atoms with van der Waals surface area (Å²) in [5, 5.41) is 1.98. The summed E-state index contributed by atoms with van der Waals surface area (Å²) in [5.74, 6) is 1.63. The zero-order chi connectivity index (χ0) is 19.4. The maximum atomic E-state index is 12.0. The molecule has 3 aliphatic rings. The summed E-state index contributed by atoms with van der Waals surface area (Å²) in [7, 11) is 0. The second-order valence-electron chi connectivity index (χ2n) is 9.68. The van der Waals surface area contributed by atoms with Crippen LogP contribution >= 0.6 is 11.6 Å². The molecule has 5 heteroatoms. The number of ether oxygens (including phenoxy) is 1. The molecule has 0 bridgehead atoms. The summed E-state index contributed by atoms with van der Waals surface area (Å²) in [5.41, 5.74) is 6.95. The number of hydrogen-bond donors (Lipinski definition) is 2. The normalized spacial score (nSPS) is 29.0. The molecule has 4 nitrogen and oxygen atoms in total. The lowest BCUT2D eigenvalue weighted by atomic mass is 9.66. The maximum Gasteiger partial charge on any atom is 0.255 e. The number of nitrogens with two attached hydrogens (primary N) is 1. The molecule has 3 N–H and O–H groups in total. The summed E-state index contributed by atoms with van der Waals surface area (Å²) in [6.45, 7) is 0. The number of hydrogen-bond acceptors (Lipinski definition) is 3. The lowest BCUT2D eigenvalue weighted by Gasteiger charge is -2.42. The number of nitrogens with one attached hydrogen (secondary N) is 1. The van der Waals surface area contributed by atoms with Crippen molar-refractivity contribution >= 4 is 22.4 Å². The largest absolute Gasteiger partial charge is 0.489 e. The van der Waals surface area contributed by atoms with E-state index in [0.717, 1.165) is 24.1 Å². The number of pyridine rings is 1. The first-order chi connectivity index (χ1) is 13.4. The molecule has 0 aliphatic heterocycles.